The summed E-state index contributed by atoms with van der Waals surface area (Å²) in [6, 6.07) is 0. The lowest BCUT2D eigenvalue weighted by atomic mass is 9.85. The molecule has 2 bridgehead atoms. The summed E-state index contributed by atoms with van der Waals surface area (Å²) < 4.78 is 22.0. The van der Waals surface area contributed by atoms with Crippen LogP contribution in [0.25, 0.3) is 0 Å². The second-order valence-corrected chi connectivity index (χ2v) is 5.07. The van der Waals surface area contributed by atoms with Crippen LogP contribution in [0, 0.1) is 5.92 Å². The van der Waals surface area contributed by atoms with Crippen molar-refractivity contribution < 1.29 is 23.7 Å². The predicted octanol–water partition coefficient (Wildman–Crippen LogP) is 0.467. The maximum Gasteiger partial charge on any atom is 0.311 e. The molecule has 0 amide bonds. The molecule has 90 valence electrons. The molecule has 3 fully saturated rings. The van der Waals surface area contributed by atoms with Crippen LogP contribution < -0.4 is 0 Å². The number of carbonyl (C=O) groups excluding carboxylic acids is 1. The summed E-state index contributed by atoms with van der Waals surface area (Å²) >= 11 is 0. The molecule has 0 unspecified atom stereocenters. The first kappa shape index (κ1) is 10.5. The van der Waals surface area contributed by atoms with Crippen LogP contribution in [-0.2, 0) is 23.7 Å². The molecule has 3 heterocycles. The molecule has 0 radical (unpaired) electrons. The largest absolute Gasteiger partial charge is 0.469 e. The highest BCUT2D eigenvalue weighted by Crippen LogP contribution is 2.48. The third-order valence-electron chi connectivity index (χ3n) is 3.57. The molecule has 3 aliphatic rings. The van der Waals surface area contributed by atoms with Crippen molar-refractivity contribution in [2.24, 2.45) is 5.92 Å². The summed E-state index contributed by atoms with van der Waals surface area (Å²) in [6.45, 7) is 3.77. The molecule has 3 rings (SSSR count). The molecular weight excluding hydrogens is 212 g/mol. The smallest absolute Gasteiger partial charge is 0.311 e. The molecule has 0 aromatic carbocycles. The SMILES string of the molecule is COC(=O)[C@H]1C[C@H]2O[C@@H]1[C@@H]1OC(C)(C)O[C@@H]12. The molecule has 3 saturated heterocycles. The molecule has 5 atom stereocenters. The van der Waals surface area contributed by atoms with Crippen molar-refractivity contribution in [2.75, 3.05) is 7.11 Å². The number of hydrogen-bond acceptors (Lipinski definition) is 5. The Hall–Kier alpha value is -0.650. The minimum atomic E-state index is -0.569. The summed E-state index contributed by atoms with van der Waals surface area (Å²) in [6.07, 6.45) is 0.293. The normalized spacial score (nSPS) is 48.1. The Morgan fingerprint density at radius 2 is 1.94 bits per heavy atom. The van der Waals surface area contributed by atoms with E-state index in [1.54, 1.807) is 0 Å². The minimum Gasteiger partial charge on any atom is -0.469 e. The molecule has 0 aromatic heterocycles. The highest BCUT2D eigenvalue weighted by atomic mass is 16.8. The molecule has 0 saturated carbocycles. The predicted molar refractivity (Wildman–Crippen MR) is 52.6 cm³/mol. The van der Waals surface area contributed by atoms with E-state index in [1.807, 2.05) is 13.8 Å². The van der Waals surface area contributed by atoms with Crippen molar-refractivity contribution in [3.8, 4) is 0 Å². The summed E-state index contributed by atoms with van der Waals surface area (Å²) in [5.74, 6) is -0.978. The zero-order chi connectivity index (χ0) is 11.5. The van der Waals surface area contributed by atoms with Crippen LogP contribution in [0.3, 0.4) is 0 Å². The van der Waals surface area contributed by atoms with Crippen molar-refractivity contribution in [1.29, 1.82) is 0 Å². The quantitative estimate of drug-likeness (QED) is 0.610. The maximum absolute atomic E-state index is 11.6. The Morgan fingerprint density at radius 3 is 2.62 bits per heavy atom. The summed E-state index contributed by atoms with van der Waals surface area (Å²) in [4.78, 5) is 11.6. The van der Waals surface area contributed by atoms with Crippen molar-refractivity contribution >= 4 is 5.97 Å². The van der Waals surface area contributed by atoms with Crippen LogP contribution >= 0.6 is 0 Å². The standard InChI is InChI=1S/C11H16O5/c1-11(2)15-8-6-4-5(10(12)13-3)7(14-6)9(8)16-11/h5-9H,4H2,1-3H3/t5-,6+,7-,8+,9-/m0/s1. The van der Waals surface area contributed by atoms with E-state index in [4.69, 9.17) is 18.9 Å². The van der Waals surface area contributed by atoms with Gasteiger partial charge in [0, 0.05) is 0 Å². The van der Waals surface area contributed by atoms with Gasteiger partial charge in [-0.15, -0.1) is 0 Å². The van der Waals surface area contributed by atoms with Gasteiger partial charge in [-0.1, -0.05) is 0 Å². The Kier molecular flexibility index (Phi) is 2.09. The van der Waals surface area contributed by atoms with E-state index in [9.17, 15) is 4.79 Å². The van der Waals surface area contributed by atoms with Gasteiger partial charge in [-0.25, -0.2) is 0 Å². The van der Waals surface area contributed by atoms with Gasteiger partial charge in [-0.2, -0.15) is 0 Å². The number of fused-ring (bicyclic) bond motifs is 5. The summed E-state index contributed by atoms with van der Waals surface area (Å²) in [5, 5.41) is 0. The monoisotopic (exact) mass is 228 g/mol. The fourth-order valence-corrected chi connectivity index (χ4v) is 3.00. The first-order valence-electron chi connectivity index (χ1n) is 5.61. The van der Waals surface area contributed by atoms with Gasteiger partial charge >= 0.3 is 5.97 Å². The number of hydrogen-bond donors (Lipinski definition) is 0. The molecule has 0 aliphatic carbocycles. The van der Waals surface area contributed by atoms with E-state index in [0.29, 0.717) is 6.42 Å². The lowest BCUT2D eigenvalue weighted by molar-refractivity contribution is -0.180. The van der Waals surface area contributed by atoms with Gasteiger partial charge in [0.05, 0.1) is 19.1 Å². The van der Waals surface area contributed by atoms with E-state index in [-0.39, 0.29) is 36.3 Å². The van der Waals surface area contributed by atoms with Crippen molar-refractivity contribution in [2.45, 2.75) is 50.5 Å². The Morgan fingerprint density at radius 1 is 1.25 bits per heavy atom. The molecule has 5 nitrogen and oxygen atoms in total. The Bertz CT molecular complexity index is 326. The third-order valence-corrected chi connectivity index (χ3v) is 3.57. The van der Waals surface area contributed by atoms with Crippen LogP contribution in [0.5, 0.6) is 0 Å². The molecule has 0 aromatic rings. The van der Waals surface area contributed by atoms with Gasteiger partial charge in [-0.3, -0.25) is 4.79 Å². The summed E-state index contributed by atoms with van der Waals surface area (Å²) in [7, 11) is 1.40. The van der Waals surface area contributed by atoms with Crippen LogP contribution in [0.1, 0.15) is 20.3 Å². The average molecular weight is 228 g/mol. The molecular formula is C11H16O5. The zero-order valence-corrected chi connectivity index (χ0v) is 9.64. The van der Waals surface area contributed by atoms with E-state index >= 15 is 0 Å². The third kappa shape index (κ3) is 1.31. The molecule has 16 heavy (non-hydrogen) atoms. The number of methoxy groups -OCH3 is 1. The number of carbonyl (C=O) groups is 1. The van der Waals surface area contributed by atoms with Crippen LogP contribution in [0.4, 0.5) is 0 Å². The first-order valence-corrected chi connectivity index (χ1v) is 5.61. The van der Waals surface area contributed by atoms with Gasteiger partial charge in [0.15, 0.2) is 5.79 Å². The topological polar surface area (TPSA) is 54.0 Å². The van der Waals surface area contributed by atoms with Crippen LogP contribution in [0.2, 0.25) is 0 Å². The van der Waals surface area contributed by atoms with Crippen molar-refractivity contribution in [3.63, 3.8) is 0 Å². The highest BCUT2D eigenvalue weighted by molar-refractivity contribution is 5.74. The van der Waals surface area contributed by atoms with Crippen molar-refractivity contribution in [1.82, 2.24) is 0 Å². The molecule has 0 spiro atoms. The fourth-order valence-electron chi connectivity index (χ4n) is 3.00. The van der Waals surface area contributed by atoms with Gasteiger partial charge in [-0.05, 0) is 20.3 Å². The van der Waals surface area contributed by atoms with Gasteiger partial charge in [0.2, 0.25) is 0 Å². The first-order chi connectivity index (χ1) is 7.52. The zero-order valence-electron chi connectivity index (χ0n) is 9.64. The van der Waals surface area contributed by atoms with Crippen LogP contribution in [-0.4, -0.2) is 43.3 Å². The van der Waals surface area contributed by atoms with E-state index in [1.165, 1.54) is 7.11 Å². The van der Waals surface area contributed by atoms with Crippen LogP contribution in [0.15, 0.2) is 0 Å². The van der Waals surface area contributed by atoms with Gasteiger partial charge in [0.25, 0.3) is 0 Å². The maximum atomic E-state index is 11.6. The van der Waals surface area contributed by atoms with Crippen molar-refractivity contribution in [3.05, 3.63) is 0 Å². The van der Waals surface area contributed by atoms with E-state index in [0.717, 1.165) is 0 Å². The van der Waals surface area contributed by atoms with E-state index in [2.05, 4.69) is 0 Å². The molecule has 0 N–H and O–H groups in total. The average Bonchev–Trinajstić information content (AvgIpc) is 2.83. The highest BCUT2D eigenvalue weighted by Gasteiger charge is 2.63. The molecule has 5 heteroatoms. The minimum absolute atomic E-state index is 0.0269. The lowest BCUT2D eigenvalue weighted by Crippen LogP contribution is -2.42. The number of rotatable bonds is 1. The lowest BCUT2D eigenvalue weighted by Gasteiger charge is -2.23. The Balaban J connectivity index is 1.80. The Labute approximate surface area is 94.0 Å². The number of esters is 1. The van der Waals surface area contributed by atoms with E-state index < -0.39 is 5.79 Å². The fraction of sp³-hybridized carbons (Fsp3) is 0.909. The summed E-state index contributed by atoms with van der Waals surface area (Å²) in [5.41, 5.74) is 0. The van der Waals surface area contributed by atoms with Gasteiger partial charge < -0.3 is 18.9 Å². The molecule has 3 aliphatic heterocycles. The van der Waals surface area contributed by atoms with Gasteiger partial charge in [0.1, 0.15) is 18.3 Å². The second-order valence-electron chi connectivity index (χ2n) is 5.07. The number of ether oxygens (including phenoxy) is 4. The second kappa shape index (κ2) is 3.18.